The van der Waals surface area contributed by atoms with Crippen LogP contribution in [0.2, 0.25) is 0 Å². The number of carbonyl (C=O) groups excluding carboxylic acids is 1. The first-order valence-corrected chi connectivity index (χ1v) is 7.41. The van der Waals surface area contributed by atoms with Gasteiger partial charge in [-0.15, -0.1) is 11.3 Å². The topological polar surface area (TPSA) is 29.1 Å². The lowest BCUT2D eigenvalue weighted by Crippen LogP contribution is -2.33. The summed E-state index contributed by atoms with van der Waals surface area (Å²) in [7, 11) is 0. The van der Waals surface area contributed by atoms with Crippen LogP contribution >= 0.6 is 27.3 Å². The molecule has 4 heteroatoms. The van der Waals surface area contributed by atoms with Gasteiger partial charge in [-0.2, -0.15) is 0 Å². The molecule has 18 heavy (non-hydrogen) atoms. The van der Waals surface area contributed by atoms with Crippen LogP contribution in [0.4, 0.5) is 0 Å². The normalized spacial score (nSPS) is 12.1. The summed E-state index contributed by atoms with van der Waals surface area (Å²) in [5.74, 6) is 0.00890. The molecule has 0 aliphatic carbocycles. The van der Waals surface area contributed by atoms with Crippen LogP contribution in [0, 0.1) is 0 Å². The molecule has 1 heterocycles. The van der Waals surface area contributed by atoms with E-state index >= 15 is 0 Å². The highest BCUT2D eigenvalue weighted by molar-refractivity contribution is 9.10. The zero-order chi connectivity index (χ0) is 13.0. The van der Waals surface area contributed by atoms with E-state index in [-0.39, 0.29) is 11.9 Å². The molecule has 1 aromatic heterocycles. The maximum Gasteiger partial charge on any atom is 0.261 e. The summed E-state index contributed by atoms with van der Waals surface area (Å²) >= 11 is 4.87. The molecule has 94 valence electrons. The summed E-state index contributed by atoms with van der Waals surface area (Å²) in [5.41, 5.74) is 1.22. The third-order valence-corrected chi connectivity index (χ3v) is 3.97. The van der Waals surface area contributed by atoms with E-state index in [0.717, 1.165) is 15.8 Å². The number of rotatable bonds is 4. The zero-order valence-corrected chi connectivity index (χ0v) is 12.4. The lowest BCUT2D eigenvalue weighted by Gasteiger charge is -2.13. The Kier molecular flexibility index (Phi) is 4.55. The van der Waals surface area contributed by atoms with Crippen molar-refractivity contribution in [3.05, 3.63) is 56.7 Å². The van der Waals surface area contributed by atoms with E-state index in [4.69, 9.17) is 0 Å². The molecular weight excluding hydrogens is 310 g/mol. The second kappa shape index (κ2) is 6.16. The highest BCUT2D eigenvalue weighted by Gasteiger charge is 2.10. The van der Waals surface area contributed by atoms with Gasteiger partial charge in [-0.05, 0) is 42.5 Å². The Morgan fingerprint density at radius 3 is 2.67 bits per heavy atom. The first-order valence-electron chi connectivity index (χ1n) is 5.74. The molecule has 0 saturated carbocycles. The molecule has 0 aliphatic heterocycles. The smallest absolute Gasteiger partial charge is 0.261 e. The van der Waals surface area contributed by atoms with Crippen molar-refractivity contribution in [3.8, 4) is 0 Å². The summed E-state index contributed by atoms with van der Waals surface area (Å²) < 4.78 is 1.07. The van der Waals surface area contributed by atoms with Gasteiger partial charge in [0, 0.05) is 10.5 Å². The predicted octanol–water partition coefficient (Wildman–Crippen LogP) is 3.87. The summed E-state index contributed by atoms with van der Waals surface area (Å²) in [4.78, 5) is 12.6. The molecule has 0 aliphatic rings. The fourth-order valence-electron chi connectivity index (χ4n) is 1.73. The summed E-state index contributed by atoms with van der Waals surface area (Å²) in [6.45, 7) is 2.02. The van der Waals surface area contributed by atoms with Crippen molar-refractivity contribution in [1.82, 2.24) is 5.32 Å². The van der Waals surface area contributed by atoms with Crippen molar-refractivity contribution in [2.45, 2.75) is 19.4 Å². The Balaban J connectivity index is 1.90. The van der Waals surface area contributed by atoms with Gasteiger partial charge in [0.1, 0.15) is 0 Å². The van der Waals surface area contributed by atoms with Gasteiger partial charge >= 0.3 is 0 Å². The van der Waals surface area contributed by atoms with Crippen molar-refractivity contribution in [2.24, 2.45) is 0 Å². The number of amides is 1. The molecule has 2 rings (SSSR count). The van der Waals surface area contributed by atoms with E-state index < -0.39 is 0 Å². The molecule has 0 spiro atoms. The number of carbonyl (C=O) groups is 1. The van der Waals surface area contributed by atoms with E-state index in [9.17, 15) is 4.79 Å². The molecule has 1 aromatic carbocycles. The van der Waals surface area contributed by atoms with Crippen molar-refractivity contribution in [3.63, 3.8) is 0 Å². The molecule has 0 bridgehead atoms. The largest absolute Gasteiger partial charge is 0.349 e. The number of hydrogen-bond acceptors (Lipinski definition) is 2. The number of hydrogen-bond donors (Lipinski definition) is 1. The lowest BCUT2D eigenvalue weighted by molar-refractivity contribution is 0.0944. The average molecular weight is 324 g/mol. The fraction of sp³-hybridized carbons (Fsp3) is 0.214. The van der Waals surface area contributed by atoms with E-state index in [1.165, 1.54) is 16.9 Å². The summed E-state index contributed by atoms with van der Waals surface area (Å²) in [6, 6.07) is 12.0. The Labute approximate surface area is 119 Å². The zero-order valence-electron chi connectivity index (χ0n) is 10.0. The summed E-state index contributed by atoms with van der Waals surface area (Å²) in [6.07, 6.45) is 0.838. The molecule has 0 fully saturated rings. The van der Waals surface area contributed by atoms with Gasteiger partial charge in [0.2, 0.25) is 0 Å². The Bertz CT molecular complexity index is 507. The maximum absolute atomic E-state index is 11.9. The van der Waals surface area contributed by atoms with Crippen LogP contribution in [0.15, 0.2) is 46.3 Å². The third-order valence-electron chi connectivity index (χ3n) is 2.58. The third kappa shape index (κ3) is 3.68. The van der Waals surface area contributed by atoms with Crippen LogP contribution < -0.4 is 5.32 Å². The van der Waals surface area contributed by atoms with Gasteiger partial charge in [0.05, 0.1) is 4.88 Å². The Morgan fingerprint density at radius 2 is 2.06 bits per heavy atom. The monoisotopic (exact) mass is 323 g/mol. The van der Waals surface area contributed by atoms with Gasteiger partial charge in [-0.25, -0.2) is 0 Å². The van der Waals surface area contributed by atoms with E-state index in [1.807, 2.05) is 36.6 Å². The van der Waals surface area contributed by atoms with E-state index in [2.05, 4.69) is 33.4 Å². The maximum atomic E-state index is 11.9. The minimum absolute atomic E-state index is 0.00890. The number of thiophene rings is 1. The van der Waals surface area contributed by atoms with Gasteiger partial charge in [-0.3, -0.25) is 4.79 Å². The number of halogens is 1. The Hall–Kier alpha value is -1.13. The lowest BCUT2D eigenvalue weighted by atomic mass is 10.1. The predicted molar refractivity (Wildman–Crippen MR) is 79.1 cm³/mol. The quantitative estimate of drug-likeness (QED) is 0.909. The highest BCUT2D eigenvalue weighted by Crippen LogP contribution is 2.13. The van der Waals surface area contributed by atoms with Crippen LogP contribution in [-0.2, 0) is 6.42 Å². The molecule has 1 amide bonds. The minimum Gasteiger partial charge on any atom is -0.349 e. The molecule has 2 aromatic rings. The van der Waals surface area contributed by atoms with Crippen molar-refractivity contribution >= 4 is 33.2 Å². The van der Waals surface area contributed by atoms with Gasteiger partial charge in [0.15, 0.2) is 0 Å². The van der Waals surface area contributed by atoms with E-state index in [0.29, 0.717) is 0 Å². The minimum atomic E-state index is 0.00890. The van der Waals surface area contributed by atoms with Crippen molar-refractivity contribution < 1.29 is 4.79 Å². The SMILES string of the molecule is CC(Cc1ccc(Br)cc1)NC(=O)c1cccs1. The second-order valence-corrected chi connectivity index (χ2v) is 6.05. The molecule has 2 nitrogen and oxygen atoms in total. The van der Waals surface area contributed by atoms with Crippen LogP contribution in [0.3, 0.4) is 0 Å². The molecule has 1 N–H and O–H groups in total. The molecule has 1 atom stereocenters. The van der Waals surface area contributed by atoms with Gasteiger partial charge < -0.3 is 5.32 Å². The highest BCUT2D eigenvalue weighted by atomic mass is 79.9. The average Bonchev–Trinajstić information content (AvgIpc) is 2.85. The standard InChI is InChI=1S/C14H14BrNOS/c1-10(9-11-4-6-12(15)7-5-11)16-14(17)13-3-2-8-18-13/h2-8,10H,9H2,1H3,(H,16,17). The molecular formula is C14H14BrNOS. The number of benzene rings is 1. The molecule has 1 unspecified atom stereocenters. The van der Waals surface area contributed by atoms with Crippen LogP contribution in [-0.4, -0.2) is 11.9 Å². The van der Waals surface area contributed by atoms with Crippen molar-refractivity contribution in [2.75, 3.05) is 0 Å². The second-order valence-electron chi connectivity index (χ2n) is 4.18. The van der Waals surface area contributed by atoms with Crippen LogP contribution in [0.5, 0.6) is 0 Å². The van der Waals surface area contributed by atoms with Gasteiger partial charge in [-0.1, -0.05) is 34.1 Å². The van der Waals surface area contributed by atoms with Crippen molar-refractivity contribution in [1.29, 1.82) is 0 Å². The Morgan fingerprint density at radius 1 is 1.33 bits per heavy atom. The molecule has 0 radical (unpaired) electrons. The van der Waals surface area contributed by atoms with Crippen LogP contribution in [0.1, 0.15) is 22.2 Å². The molecule has 0 saturated heterocycles. The fourth-order valence-corrected chi connectivity index (χ4v) is 2.62. The number of nitrogens with one attached hydrogen (secondary N) is 1. The summed E-state index contributed by atoms with van der Waals surface area (Å²) in [5, 5.41) is 4.92. The van der Waals surface area contributed by atoms with E-state index in [1.54, 1.807) is 0 Å². The first kappa shape index (κ1) is 13.3. The van der Waals surface area contributed by atoms with Crippen LogP contribution in [0.25, 0.3) is 0 Å². The van der Waals surface area contributed by atoms with Gasteiger partial charge in [0.25, 0.3) is 5.91 Å². The first-order chi connectivity index (χ1) is 8.65.